The fourth-order valence-corrected chi connectivity index (χ4v) is 3.06. The number of likely N-dealkylation sites (tertiary alicyclic amines) is 1. The van der Waals surface area contributed by atoms with Crippen LogP contribution in [0.3, 0.4) is 0 Å². The molecule has 1 atom stereocenters. The van der Waals surface area contributed by atoms with Crippen molar-refractivity contribution in [1.82, 2.24) is 10.2 Å². The first-order valence-electron chi connectivity index (χ1n) is 8.64. The third kappa shape index (κ3) is 4.47. The van der Waals surface area contributed by atoms with E-state index in [0.717, 1.165) is 43.7 Å². The Bertz CT molecular complexity index is 584. The lowest BCUT2D eigenvalue weighted by Crippen LogP contribution is -2.41. The lowest BCUT2D eigenvalue weighted by molar-refractivity contribution is -0.123. The standard InChI is InChI=1S/C18H25N3O3/c1-24-15-8-6-14(7-9-15)20-18(23)16-3-2-11-21(16)12-10-17(22)19-13-4-5-13/h6-9,13,16H,2-5,10-12H2,1H3,(H,19,22)(H,20,23)/t16-/m0/s1. The maximum atomic E-state index is 12.5. The van der Waals surface area contributed by atoms with Gasteiger partial charge in [-0.1, -0.05) is 0 Å². The summed E-state index contributed by atoms with van der Waals surface area (Å²) >= 11 is 0. The average molecular weight is 331 g/mol. The highest BCUT2D eigenvalue weighted by Gasteiger charge is 2.31. The molecule has 6 heteroatoms. The van der Waals surface area contributed by atoms with Crippen molar-refractivity contribution in [3.05, 3.63) is 24.3 Å². The zero-order valence-electron chi connectivity index (χ0n) is 14.1. The Morgan fingerprint density at radius 2 is 1.96 bits per heavy atom. The zero-order chi connectivity index (χ0) is 16.9. The van der Waals surface area contributed by atoms with Gasteiger partial charge in [0.1, 0.15) is 5.75 Å². The summed E-state index contributed by atoms with van der Waals surface area (Å²) in [5, 5.41) is 5.95. The Labute approximate surface area is 142 Å². The van der Waals surface area contributed by atoms with Crippen LogP contribution in [0.15, 0.2) is 24.3 Å². The maximum Gasteiger partial charge on any atom is 0.241 e. The van der Waals surface area contributed by atoms with Gasteiger partial charge in [0.15, 0.2) is 0 Å². The molecule has 1 saturated carbocycles. The van der Waals surface area contributed by atoms with E-state index in [9.17, 15) is 9.59 Å². The number of methoxy groups -OCH3 is 1. The second kappa shape index (κ2) is 7.66. The van der Waals surface area contributed by atoms with Gasteiger partial charge in [-0.2, -0.15) is 0 Å². The third-order valence-corrected chi connectivity index (χ3v) is 4.59. The molecule has 2 N–H and O–H groups in total. The molecule has 1 aliphatic heterocycles. The van der Waals surface area contributed by atoms with Crippen LogP contribution in [-0.2, 0) is 9.59 Å². The van der Waals surface area contributed by atoms with Crippen LogP contribution in [0, 0.1) is 0 Å². The summed E-state index contributed by atoms with van der Waals surface area (Å²) in [7, 11) is 1.61. The molecule has 0 bridgehead atoms. The number of ether oxygens (including phenoxy) is 1. The predicted molar refractivity (Wildman–Crippen MR) is 92.0 cm³/mol. The Kier molecular flexibility index (Phi) is 5.35. The van der Waals surface area contributed by atoms with E-state index in [4.69, 9.17) is 4.74 Å². The van der Waals surface area contributed by atoms with Crippen molar-refractivity contribution in [3.63, 3.8) is 0 Å². The number of benzene rings is 1. The highest BCUT2D eigenvalue weighted by Crippen LogP contribution is 2.21. The van der Waals surface area contributed by atoms with Crippen LogP contribution < -0.4 is 15.4 Å². The van der Waals surface area contributed by atoms with Crippen LogP contribution >= 0.6 is 0 Å². The number of nitrogens with zero attached hydrogens (tertiary/aromatic N) is 1. The van der Waals surface area contributed by atoms with Gasteiger partial charge in [0.2, 0.25) is 11.8 Å². The molecule has 3 rings (SSSR count). The topological polar surface area (TPSA) is 70.7 Å². The Morgan fingerprint density at radius 3 is 2.62 bits per heavy atom. The summed E-state index contributed by atoms with van der Waals surface area (Å²) in [4.78, 5) is 26.5. The monoisotopic (exact) mass is 331 g/mol. The summed E-state index contributed by atoms with van der Waals surface area (Å²) in [6.07, 6.45) is 4.49. The maximum absolute atomic E-state index is 12.5. The molecule has 0 aromatic heterocycles. The van der Waals surface area contributed by atoms with Crippen LogP contribution in [0.4, 0.5) is 5.69 Å². The van der Waals surface area contributed by atoms with Crippen molar-refractivity contribution >= 4 is 17.5 Å². The van der Waals surface area contributed by atoms with Crippen LogP contribution in [0.1, 0.15) is 32.1 Å². The summed E-state index contributed by atoms with van der Waals surface area (Å²) in [5.74, 6) is 0.858. The SMILES string of the molecule is COc1ccc(NC(=O)[C@@H]2CCCN2CCC(=O)NC2CC2)cc1. The van der Waals surface area contributed by atoms with Crippen LogP contribution in [0.2, 0.25) is 0 Å². The largest absolute Gasteiger partial charge is 0.497 e. The van der Waals surface area contributed by atoms with Crippen LogP contribution in [-0.4, -0.2) is 49.0 Å². The van der Waals surface area contributed by atoms with E-state index in [1.165, 1.54) is 0 Å². The number of nitrogens with one attached hydrogen (secondary N) is 2. The van der Waals surface area contributed by atoms with E-state index < -0.39 is 0 Å². The second-order valence-electron chi connectivity index (χ2n) is 6.50. The van der Waals surface area contributed by atoms with Gasteiger partial charge >= 0.3 is 0 Å². The molecule has 1 aliphatic carbocycles. The minimum Gasteiger partial charge on any atom is -0.497 e. The molecule has 1 aromatic carbocycles. The first-order chi connectivity index (χ1) is 11.7. The number of hydrogen-bond donors (Lipinski definition) is 2. The van der Waals surface area contributed by atoms with Crippen LogP contribution in [0.25, 0.3) is 0 Å². The average Bonchev–Trinajstić information content (AvgIpc) is 3.26. The highest BCUT2D eigenvalue weighted by molar-refractivity contribution is 5.95. The fraction of sp³-hybridized carbons (Fsp3) is 0.556. The predicted octanol–water partition coefficient (Wildman–Crippen LogP) is 1.77. The molecule has 2 aliphatic rings. The van der Waals surface area contributed by atoms with Crippen molar-refractivity contribution in [2.45, 2.75) is 44.2 Å². The van der Waals surface area contributed by atoms with Gasteiger partial charge in [0.05, 0.1) is 13.2 Å². The lowest BCUT2D eigenvalue weighted by Gasteiger charge is -2.23. The smallest absolute Gasteiger partial charge is 0.241 e. The number of rotatable bonds is 7. The molecule has 24 heavy (non-hydrogen) atoms. The van der Waals surface area contributed by atoms with Gasteiger partial charge in [-0.15, -0.1) is 0 Å². The summed E-state index contributed by atoms with van der Waals surface area (Å²) in [6.45, 7) is 1.51. The molecule has 0 radical (unpaired) electrons. The first kappa shape index (κ1) is 16.8. The summed E-state index contributed by atoms with van der Waals surface area (Å²) in [6, 6.07) is 7.55. The lowest BCUT2D eigenvalue weighted by atomic mass is 10.2. The molecular weight excluding hydrogens is 306 g/mol. The van der Waals surface area contributed by atoms with Crippen molar-refractivity contribution in [3.8, 4) is 5.75 Å². The Hall–Kier alpha value is -2.08. The minimum atomic E-state index is -0.152. The molecule has 1 aromatic rings. The molecule has 0 spiro atoms. The quantitative estimate of drug-likeness (QED) is 0.799. The van der Waals surface area contributed by atoms with Gasteiger partial charge in [-0.3, -0.25) is 14.5 Å². The molecular formula is C18H25N3O3. The molecule has 1 heterocycles. The van der Waals surface area contributed by atoms with Crippen molar-refractivity contribution < 1.29 is 14.3 Å². The van der Waals surface area contributed by atoms with Crippen molar-refractivity contribution in [1.29, 1.82) is 0 Å². The number of carbonyl (C=O) groups excluding carboxylic acids is 2. The van der Waals surface area contributed by atoms with E-state index in [0.29, 0.717) is 19.0 Å². The van der Waals surface area contributed by atoms with Gasteiger partial charge in [-0.25, -0.2) is 0 Å². The van der Waals surface area contributed by atoms with Crippen molar-refractivity contribution in [2.24, 2.45) is 0 Å². The van der Waals surface area contributed by atoms with Gasteiger partial charge in [0.25, 0.3) is 0 Å². The van der Waals surface area contributed by atoms with Gasteiger partial charge < -0.3 is 15.4 Å². The fourth-order valence-electron chi connectivity index (χ4n) is 3.06. The van der Waals surface area contributed by atoms with Gasteiger partial charge in [-0.05, 0) is 56.5 Å². The second-order valence-corrected chi connectivity index (χ2v) is 6.50. The van der Waals surface area contributed by atoms with E-state index in [1.54, 1.807) is 7.11 Å². The zero-order valence-corrected chi connectivity index (χ0v) is 14.1. The number of carbonyl (C=O) groups is 2. The normalized spacial score (nSPS) is 20.6. The number of hydrogen-bond acceptors (Lipinski definition) is 4. The Balaban J connectivity index is 1.49. The molecule has 2 amide bonds. The van der Waals surface area contributed by atoms with E-state index in [1.807, 2.05) is 24.3 Å². The van der Waals surface area contributed by atoms with E-state index >= 15 is 0 Å². The Morgan fingerprint density at radius 1 is 1.21 bits per heavy atom. The number of anilines is 1. The van der Waals surface area contributed by atoms with Gasteiger partial charge in [0, 0.05) is 24.7 Å². The van der Waals surface area contributed by atoms with Crippen molar-refractivity contribution in [2.75, 3.05) is 25.5 Å². The minimum absolute atomic E-state index is 0.000248. The molecule has 6 nitrogen and oxygen atoms in total. The van der Waals surface area contributed by atoms with Crippen LogP contribution in [0.5, 0.6) is 5.75 Å². The van der Waals surface area contributed by atoms with E-state index in [2.05, 4.69) is 15.5 Å². The number of amides is 2. The summed E-state index contributed by atoms with van der Waals surface area (Å²) < 4.78 is 5.12. The highest BCUT2D eigenvalue weighted by atomic mass is 16.5. The molecule has 130 valence electrons. The van der Waals surface area contributed by atoms with E-state index in [-0.39, 0.29) is 17.9 Å². The molecule has 1 saturated heterocycles. The molecule has 0 unspecified atom stereocenters. The molecule has 2 fully saturated rings. The summed E-state index contributed by atoms with van der Waals surface area (Å²) in [5.41, 5.74) is 0.763. The third-order valence-electron chi connectivity index (χ3n) is 4.59. The first-order valence-corrected chi connectivity index (χ1v) is 8.64.